The van der Waals surface area contributed by atoms with Gasteiger partial charge in [-0.2, -0.15) is 5.10 Å². The summed E-state index contributed by atoms with van der Waals surface area (Å²) in [6.45, 7) is 11.6. The Morgan fingerprint density at radius 3 is 2.65 bits per heavy atom. The van der Waals surface area contributed by atoms with Crippen molar-refractivity contribution in [2.24, 2.45) is 0 Å². The van der Waals surface area contributed by atoms with Gasteiger partial charge in [0, 0.05) is 12.7 Å². The predicted molar refractivity (Wildman–Crippen MR) is 69.2 cm³/mol. The van der Waals surface area contributed by atoms with E-state index in [0.717, 1.165) is 18.7 Å². The summed E-state index contributed by atoms with van der Waals surface area (Å²) in [5.41, 5.74) is 0.880. The van der Waals surface area contributed by atoms with Gasteiger partial charge in [0.05, 0.1) is 29.1 Å². The Morgan fingerprint density at radius 2 is 2.18 bits per heavy atom. The van der Waals surface area contributed by atoms with Crippen LogP contribution in [0.5, 0.6) is 0 Å². The summed E-state index contributed by atoms with van der Waals surface area (Å²) in [4.78, 5) is 0. The molecular weight excluding hydrogens is 214 g/mol. The van der Waals surface area contributed by atoms with Crippen LogP contribution in [0.3, 0.4) is 0 Å². The molecule has 1 aliphatic rings. The Bertz CT molecular complexity index is 395. The van der Waals surface area contributed by atoms with Crippen molar-refractivity contribution in [2.75, 3.05) is 5.32 Å². The summed E-state index contributed by atoms with van der Waals surface area (Å²) < 4.78 is 7.99. The third kappa shape index (κ3) is 2.63. The molecule has 1 N–H and O–H groups in total. The summed E-state index contributed by atoms with van der Waals surface area (Å²) in [6.07, 6.45) is 4.93. The van der Waals surface area contributed by atoms with Gasteiger partial charge in [-0.15, -0.1) is 0 Å². The lowest BCUT2D eigenvalue weighted by Crippen LogP contribution is -2.38. The molecule has 0 radical (unpaired) electrons. The molecule has 0 spiro atoms. The largest absolute Gasteiger partial charge is 0.377 e. The molecule has 0 aliphatic carbocycles. The third-order valence-electron chi connectivity index (χ3n) is 3.37. The number of aryl methyl sites for hydroxylation is 1. The molecule has 0 amide bonds. The van der Waals surface area contributed by atoms with E-state index in [4.69, 9.17) is 4.74 Å². The number of anilines is 1. The molecule has 4 heteroatoms. The predicted octanol–water partition coefficient (Wildman–Crippen LogP) is 2.66. The monoisotopic (exact) mass is 237 g/mol. The third-order valence-corrected chi connectivity index (χ3v) is 3.37. The standard InChI is InChI=1S/C13H23N3O/c1-6-16-9-10(8-14-16)15-11-7-12(2,3)17-13(11,4)5/h8-9,11,15H,6-7H2,1-5H3. The van der Waals surface area contributed by atoms with E-state index in [1.54, 1.807) is 0 Å². The molecule has 1 aliphatic heterocycles. The van der Waals surface area contributed by atoms with Crippen molar-refractivity contribution in [3.8, 4) is 0 Å². The average Bonchev–Trinajstić information content (AvgIpc) is 2.69. The van der Waals surface area contributed by atoms with Crippen LogP contribution < -0.4 is 5.32 Å². The lowest BCUT2D eigenvalue weighted by molar-refractivity contribution is -0.0662. The molecule has 1 atom stereocenters. The molecule has 1 unspecified atom stereocenters. The van der Waals surface area contributed by atoms with E-state index in [1.165, 1.54) is 0 Å². The molecule has 1 fully saturated rings. The van der Waals surface area contributed by atoms with Gasteiger partial charge in [0.2, 0.25) is 0 Å². The van der Waals surface area contributed by atoms with Gasteiger partial charge in [-0.3, -0.25) is 4.68 Å². The lowest BCUT2D eigenvalue weighted by Gasteiger charge is -2.27. The van der Waals surface area contributed by atoms with E-state index in [9.17, 15) is 0 Å². The zero-order chi connectivity index (χ0) is 12.7. The highest BCUT2D eigenvalue weighted by Gasteiger charge is 2.45. The molecule has 1 aromatic heterocycles. The summed E-state index contributed by atoms with van der Waals surface area (Å²) in [6, 6.07) is 0.326. The van der Waals surface area contributed by atoms with Crippen LogP contribution in [-0.4, -0.2) is 27.0 Å². The van der Waals surface area contributed by atoms with Gasteiger partial charge in [-0.1, -0.05) is 0 Å². The summed E-state index contributed by atoms with van der Waals surface area (Å²) in [5.74, 6) is 0. The normalized spacial score (nSPS) is 26.1. The molecule has 1 aromatic rings. The van der Waals surface area contributed by atoms with Crippen molar-refractivity contribution in [1.29, 1.82) is 0 Å². The van der Waals surface area contributed by atoms with Gasteiger partial charge < -0.3 is 10.1 Å². The highest BCUT2D eigenvalue weighted by atomic mass is 16.5. The summed E-state index contributed by atoms with van der Waals surface area (Å²) in [5, 5.41) is 7.81. The minimum absolute atomic E-state index is 0.0537. The van der Waals surface area contributed by atoms with Crippen LogP contribution in [0.25, 0.3) is 0 Å². The first-order valence-corrected chi connectivity index (χ1v) is 6.31. The fraction of sp³-hybridized carbons (Fsp3) is 0.769. The van der Waals surface area contributed by atoms with Gasteiger partial charge in [-0.25, -0.2) is 0 Å². The second-order valence-corrected chi connectivity index (χ2v) is 5.95. The number of rotatable bonds is 3. The topological polar surface area (TPSA) is 39.1 Å². The fourth-order valence-electron chi connectivity index (χ4n) is 2.60. The van der Waals surface area contributed by atoms with Crippen LogP contribution in [0, 0.1) is 0 Å². The minimum Gasteiger partial charge on any atom is -0.377 e. The molecule has 0 saturated carbocycles. The van der Waals surface area contributed by atoms with Crippen LogP contribution in [0.2, 0.25) is 0 Å². The smallest absolute Gasteiger partial charge is 0.0834 e. The molecular formula is C13H23N3O. The van der Waals surface area contributed by atoms with Crippen molar-refractivity contribution in [3.05, 3.63) is 12.4 Å². The van der Waals surface area contributed by atoms with Crippen molar-refractivity contribution < 1.29 is 4.74 Å². The second-order valence-electron chi connectivity index (χ2n) is 5.95. The number of hydrogen-bond acceptors (Lipinski definition) is 3. The highest BCUT2D eigenvalue weighted by Crippen LogP contribution is 2.38. The fourth-order valence-corrected chi connectivity index (χ4v) is 2.60. The molecule has 0 bridgehead atoms. The lowest BCUT2D eigenvalue weighted by atomic mass is 9.94. The van der Waals surface area contributed by atoms with E-state index in [1.807, 2.05) is 17.1 Å². The quantitative estimate of drug-likeness (QED) is 0.878. The maximum atomic E-state index is 6.06. The van der Waals surface area contributed by atoms with E-state index in [0.29, 0.717) is 6.04 Å². The first-order chi connectivity index (χ1) is 7.82. The van der Waals surface area contributed by atoms with Crippen LogP contribution in [0.15, 0.2) is 12.4 Å². The van der Waals surface area contributed by atoms with Gasteiger partial charge >= 0.3 is 0 Å². The number of hydrogen-bond donors (Lipinski definition) is 1. The van der Waals surface area contributed by atoms with E-state index >= 15 is 0 Å². The number of nitrogens with one attached hydrogen (secondary N) is 1. The first kappa shape index (κ1) is 12.4. The van der Waals surface area contributed by atoms with Gasteiger partial charge in [0.1, 0.15) is 0 Å². The van der Waals surface area contributed by atoms with E-state index < -0.39 is 0 Å². The van der Waals surface area contributed by atoms with Crippen LogP contribution in [0.4, 0.5) is 5.69 Å². The van der Waals surface area contributed by atoms with E-state index in [2.05, 4.69) is 45.0 Å². The van der Waals surface area contributed by atoms with Gasteiger partial charge in [0.25, 0.3) is 0 Å². The average molecular weight is 237 g/mol. The Morgan fingerprint density at radius 1 is 1.47 bits per heavy atom. The van der Waals surface area contributed by atoms with Crippen LogP contribution >= 0.6 is 0 Å². The Labute approximate surface area is 103 Å². The number of nitrogens with zero attached hydrogens (tertiary/aromatic N) is 2. The zero-order valence-electron chi connectivity index (χ0n) is 11.4. The Balaban J connectivity index is 2.08. The molecule has 4 nitrogen and oxygen atoms in total. The number of ether oxygens (including phenoxy) is 1. The SMILES string of the molecule is CCn1cc(NC2CC(C)(C)OC2(C)C)cn1. The molecule has 96 valence electrons. The first-order valence-electron chi connectivity index (χ1n) is 6.31. The van der Waals surface area contributed by atoms with Crippen molar-refractivity contribution in [2.45, 2.75) is 64.8 Å². The molecule has 2 rings (SSSR count). The van der Waals surface area contributed by atoms with Crippen LogP contribution in [0.1, 0.15) is 41.0 Å². The molecule has 0 aromatic carbocycles. The van der Waals surface area contributed by atoms with Crippen molar-refractivity contribution in [1.82, 2.24) is 9.78 Å². The highest BCUT2D eigenvalue weighted by molar-refractivity contribution is 5.40. The van der Waals surface area contributed by atoms with Crippen molar-refractivity contribution >= 4 is 5.69 Å². The maximum absolute atomic E-state index is 6.06. The molecule has 2 heterocycles. The maximum Gasteiger partial charge on any atom is 0.0834 e. The van der Waals surface area contributed by atoms with Crippen molar-refractivity contribution in [3.63, 3.8) is 0 Å². The summed E-state index contributed by atoms with van der Waals surface area (Å²) in [7, 11) is 0. The van der Waals surface area contributed by atoms with Crippen LogP contribution in [-0.2, 0) is 11.3 Å². The van der Waals surface area contributed by atoms with Gasteiger partial charge in [0.15, 0.2) is 0 Å². The Hall–Kier alpha value is -1.03. The minimum atomic E-state index is -0.141. The molecule has 1 saturated heterocycles. The number of aromatic nitrogens is 2. The second kappa shape index (κ2) is 4.02. The van der Waals surface area contributed by atoms with Gasteiger partial charge in [-0.05, 0) is 41.0 Å². The summed E-state index contributed by atoms with van der Waals surface area (Å²) >= 11 is 0. The zero-order valence-corrected chi connectivity index (χ0v) is 11.4. The Kier molecular flexibility index (Phi) is 2.94. The molecule has 17 heavy (non-hydrogen) atoms. The van der Waals surface area contributed by atoms with E-state index in [-0.39, 0.29) is 11.2 Å².